The first-order valence-corrected chi connectivity index (χ1v) is 15.4. The number of rotatable bonds is 7. The highest BCUT2D eigenvalue weighted by Gasteiger charge is 2.18. The van der Waals surface area contributed by atoms with Crippen LogP contribution < -0.4 is 32.2 Å². The Labute approximate surface area is 289 Å². The third-order valence-corrected chi connectivity index (χ3v) is 7.61. The molecule has 0 aliphatic rings. The maximum atomic E-state index is 15.0. The summed E-state index contributed by atoms with van der Waals surface area (Å²) in [5.74, 6) is 4.72. The number of nitriles is 1. The summed E-state index contributed by atoms with van der Waals surface area (Å²) in [6.07, 6.45) is 0.335. The van der Waals surface area contributed by atoms with Gasteiger partial charge in [-0.3, -0.25) is 0 Å². The monoisotopic (exact) mass is 715 g/mol. The number of hydrazine groups is 1. The number of ether oxygens (including phenoxy) is 2. The van der Waals surface area contributed by atoms with E-state index in [0.717, 1.165) is 0 Å². The molecule has 0 aliphatic carbocycles. The zero-order valence-corrected chi connectivity index (χ0v) is 28.2. The number of nitrogens with one attached hydrogen (secondary N) is 1. The fraction of sp³-hybridized carbons (Fsp3) is 0.125. The first-order valence-electron chi connectivity index (χ1n) is 13.5. The number of thiocarbonyl (C=S) groups is 1. The van der Waals surface area contributed by atoms with Crippen LogP contribution in [0.5, 0.6) is 11.5 Å². The standard InChI is InChI=1S/C16H13ClFN3OS.C15H11ClFNO.CH5N3S/c1-22-12-6-5-10(8-13-20-21-16(19)23-13)15(18)14(12)9-3-2-4-11(17)7-9;1-19-13-6-5-10(7-8-18)15(17)14(13)11-3-2-4-12(16)9-11;2-1(5)4-3/h2-7H,8H2,1H3,(H2,19,21);2-6,9H,7H2,1H3;3H2,(H3,2,4,5). The second kappa shape index (κ2) is 17.9. The summed E-state index contributed by atoms with van der Waals surface area (Å²) < 4.78 is 40.0. The van der Waals surface area contributed by atoms with Crippen molar-refractivity contribution in [1.82, 2.24) is 15.6 Å². The molecule has 1 heterocycles. The topological polar surface area (TPSA) is 158 Å². The maximum absolute atomic E-state index is 15.0. The van der Waals surface area contributed by atoms with Gasteiger partial charge in [0, 0.05) is 22.0 Å². The van der Waals surface area contributed by atoms with Crippen molar-refractivity contribution < 1.29 is 18.3 Å². The fourth-order valence-corrected chi connectivity index (χ4v) is 5.24. The van der Waals surface area contributed by atoms with Gasteiger partial charge in [-0.1, -0.05) is 70.9 Å². The number of hydrogen-bond acceptors (Lipinski definition) is 9. The van der Waals surface area contributed by atoms with Gasteiger partial charge < -0.3 is 26.4 Å². The lowest BCUT2D eigenvalue weighted by Crippen LogP contribution is -2.34. The average Bonchev–Trinajstić information content (AvgIpc) is 3.47. The van der Waals surface area contributed by atoms with Crippen LogP contribution in [0.1, 0.15) is 16.1 Å². The molecule has 5 rings (SSSR count). The van der Waals surface area contributed by atoms with Gasteiger partial charge in [0.05, 0.1) is 37.8 Å². The summed E-state index contributed by atoms with van der Waals surface area (Å²) in [5.41, 5.74) is 15.2. The van der Waals surface area contributed by atoms with E-state index in [9.17, 15) is 4.39 Å². The molecule has 15 heteroatoms. The Morgan fingerprint density at radius 3 is 1.79 bits per heavy atom. The zero-order valence-electron chi connectivity index (χ0n) is 25.1. The van der Waals surface area contributed by atoms with Crippen LogP contribution in [0.25, 0.3) is 22.3 Å². The van der Waals surface area contributed by atoms with E-state index in [1.165, 1.54) is 25.6 Å². The molecule has 4 aromatic carbocycles. The lowest BCUT2D eigenvalue weighted by atomic mass is 9.99. The van der Waals surface area contributed by atoms with Gasteiger partial charge in [0.2, 0.25) is 5.13 Å². The van der Waals surface area contributed by atoms with Gasteiger partial charge in [0.1, 0.15) is 28.1 Å². The van der Waals surface area contributed by atoms with Gasteiger partial charge >= 0.3 is 0 Å². The quantitative estimate of drug-likeness (QED) is 0.0779. The summed E-state index contributed by atoms with van der Waals surface area (Å²) in [5, 5.41) is 18.6. The van der Waals surface area contributed by atoms with Gasteiger partial charge in [-0.2, -0.15) is 5.26 Å². The number of hydrogen-bond donors (Lipinski definition) is 4. The van der Waals surface area contributed by atoms with Crippen LogP contribution in [-0.2, 0) is 12.8 Å². The van der Waals surface area contributed by atoms with Crippen molar-refractivity contribution >= 4 is 57.0 Å². The average molecular weight is 717 g/mol. The molecule has 7 N–H and O–H groups in total. The van der Waals surface area contributed by atoms with Crippen molar-refractivity contribution in [3.05, 3.63) is 111 Å². The Kier molecular flexibility index (Phi) is 14.1. The molecule has 5 aromatic rings. The molecule has 0 aliphatic heterocycles. The van der Waals surface area contributed by atoms with Crippen LogP contribution in [0.3, 0.4) is 0 Å². The predicted octanol–water partition coefficient (Wildman–Crippen LogP) is 7.09. The van der Waals surface area contributed by atoms with Gasteiger partial charge in [-0.15, -0.1) is 10.2 Å². The highest BCUT2D eigenvalue weighted by atomic mass is 35.5. The Balaban J connectivity index is 0.000000227. The Bertz CT molecular complexity index is 1890. The van der Waals surface area contributed by atoms with E-state index in [-0.39, 0.29) is 17.4 Å². The van der Waals surface area contributed by atoms with Crippen LogP contribution >= 0.6 is 46.8 Å². The van der Waals surface area contributed by atoms with Crippen LogP contribution in [0.4, 0.5) is 13.9 Å². The van der Waals surface area contributed by atoms with E-state index < -0.39 is 5.82 Å². The number of benzene rings is 4. The van der Waals surface area contributed by atoms with Crippen LogP contribution in [-0.4, -0.2) is 29.5 Å². The van der Waals surface area contributed by atoms with Crippen molar-refractivity contribution in [2.24, 2.45) is 11.6 Å². The van der Waals surface area contributed by atoms with Gasteiger partial charge in [0.25, 0.3) is 0 Å². The molecule has 0 fully saturated rings. The number of anilines is 1. The maximum Gasteiger partial charge on any atom is 0.203 e. The molecule has 0 saturated carbocycles. The molecule has 0 unspecified atom stereocenters. The molecule has 244 valence electrons. The number of aromatic nitrogens is 2. The smallest absolute Gasteiger partial charge is 0.203 e. The van der Waals surface area contributed by atoms with Gasteiger partial charge in [-0.05, 0) is 65.3 Å². The molecule has 9 nitrogen and oxygen atoms in total. The molecule has 0 atom stereocenters. The molecule has 47 heavy (non-hydrogen) atoms. The molecule has 1 aromatic heterocycles. The normalized spacial score (nSPS) is 10.0. The van der Waals surface area contributed by atoms with E-state index >= 15 is 4.39 Å². The Hall–Kier alpha value is -4.58. The summed E-state index contributed by atoms with van der Waals surface area (Å²) in [4.78, 5) is 0. The minimum Gasteiger partial charge on any atom is -0.496 e. The van der Waals surface area contributed by atoms with Gasteiger partial charge in [-0.25, -0.2) is 14.6 Å². The number of nitrogen functional groups attached to an aromatic ring is 1. The SMILES string of the molecule is COc1ccc(CC#N)c(F)c1-c1cccc(Cl)c1.COc1ccc(Cc2nnc(N)s2)c(F)c1-c1cccc(Cl)c1.NNC(N)=S. The van der Waals surface area contributed by atoms with Gasteiger partial charge in [0.15, 0.2) is 5.11 Å². The highest BCUT2D eigenvalue weighted by Crippen LogP contribution is 2.37. The van der Waals surface area contributed by atoms with E-state index in [0.29, 0.717) is 71.5 Å². The van der Waals surface area contributed by atoms with Crippen molar-refractivity contribution in [1.29, 1.82) is 5.26 Å². The molecular weight excluding hydrogens is 687 g/mol. The lowest BCUT2D eigenvalue weighted by Gasteiger charge is -2.13. The van der Waals surface area contributed by atoms with Crippen LogP contribution in [0.2, 0.25) is 10.0 Å². The molecule has 0 radical (unpaired) electrons. The molecule has 0 amide bonds. The summed E-state index contributed by atoms with van der Waals surface area (Å²) in [7, 11) is 2.99. The Morgan fingerprint density at radius 2 is 1.38 bits per heavy atom. The largest absolute Gasteiger partial charge is 0.496 e. The molecular formula is C32H29Cl2F2N7O2S2. The van der Waals surface area contributed by atoms with Crippen molar-refractivity contribution in [2.45, 2.75) is 12.8 Å². The summed E-state index contributed by atoms with van der Waals surface area (Å²) in [6, 6.07) is 22.5. The highest BCUT2D eigenvalue weighted by molar-refractivity contribution is 7.80. The van der Waals surface area contributed by atoms with E-state index in [4.69, 9.17) is 49.4 Å². The second-order valence-corrected chi connectivity index (χ2v) is 11.7. The number of methoxy groups -OCH3 is 2. The third kappa shape index (κ3) is 10.2. The molecule has 0 spiro atoms. The number of nitrogens with zero attached hydrogens (tertiary/aromatic N) is 3. The minimum absolute atomic E-state index is 0.0173. The molecule has 0 bridgehead atoms. The van der Waals surface area contributed by atoms with Crippen molar-refractivity contribution in [3.8, 4) is 39.8 Å². The van der Waals surface area contributed by atoms with Crippen LogP contribution in [0, 0.1) is 23.0 Å². The predicted molar refractivity (Wildman–Crippen MR) is 187 cm³/mol. The third-order valence-electron chi connectivity index (χ3n) is 6.27. The van der Waals surface area contributed by atoms with Crippen molar-refractivity contribution in [3.63, 3.8) is 0 Å². The zero-order chi connectivity index (χ0) is 34.5. The molecule has 0 saturated heterocycles. The van der Waals surface area contributed by atoms with E-state index in [1.807, 2.05) is 11.5 Å². The first-order chi connectivity index (χ1) is 22.5. The second-order valence-electron chi connectivity index (χ2n) is 9.31. The first kappa shape index (κ1) is 36.9. The van der Waals surface area contributed by atoms with Crippen molar-refractivity contribution in [2.75, 3.05) is 20.0 Å². The van der Waals surface area contributed by atoms with E-state index in [2.05, 4.69) is 28.3 Å². The Morgan fingerprint density at radius 1 is 0.894 bits per heavy atom. The number of halogens is 4. The van der Waals surface area contributed by atoms with E-state index in [1.54, 1.807) is 72.8 Å². The summed E-state index contributed by atoms with van der Waals surface area (Å²) in [6.45, 7) is 0. The lowest BCUT2D eigenvalue weighted by molar-refractivity contribution is 0.413. The fourth-order valence-electron chi connectivity index (χ4n) is 4.23. The minimum atomic E-state index is -0.442. The van der Waals surface area contributed by atoms with Crippen LogP contribution in [0.15, 0.2) is 72.8 Å². The summed E-state index contributed by atoms with van der Waals surface area (Å²) >= 11 is 17.4. The number of nitrogens with two attached hydrogens (primary N) is 3.